The van der Waals surface area contributed by atoms with Crippen LogP contribution in [0.2, 0.25) is 0 Å². The Bertz CT molecular complexity index is 795. The van der Waals surface area contributed by atoms with Gasteiger partial charge in [0.1, 0.15) is 11.6 Å². The van der Waals surface area contributed by atoms with Gasteiger partial charge in [0.25, 0.3) is 0 Å². The first kappa shape index (κ1) is 15.7. The molecule has 1 saturated heterocycles. The lowest BCUT2D eigenvalue weighted by Gasteiger charge is -2.36. The third kappa shape index (κ3) is 3.10. The number of rotatable bonds is 3. The van der Waals surface area contributed by atoms with Crippen LogP contribution in [0.25, 0.3) is 0 Å². The Balaban J connectivity index is 1.67. The molecule has 0 saturated carbocycles. The molecule has 0 bridgehead atoms. The third-order valence-corrected chi connectivity index (χ3v) is 3.88. The van der Waals surface area contributed by atoms with Crippen LogP contribution in [-0.2, 0) is 0 Å². The van der Waals surface area contributed by atoms with Crippen LogP contribution in [0.1, 0.15) is 16.1 Å². The quantitative estimate of drug-likeness (QED) is 0.913. The van der Waals surface area contributed by atoms with E-state index in [0.29, 0.717) is 43.2 Å². The van der Waals surface area contributed by atoms with Crippen LogP contribution in [0.15, 0.2) is 30.6 Å². The van der Waals surface area contributed by atoms with Crippen molar-refractivity contribution < 1.29 is 14.3 Å². The molecule has 1 aliphatic rings. The SMILES string of the molecule is N#Cc1ccc(N2CCN(c3cnc(C(=O)O)cn3)CC2)c(F)c1. The number of piperazine rings is 1. The third-order valence-electron chi connectivity index (χ3n) is 3.88. The van der Waals surface area contributed by atoms with E-state index in [1.54, 1.807) is 12.1 Å². The standard InChI is InChI=1S/C16H14FN5O2/c17-12-7-11(8-18)1-2-14(12)21-3-5-22(6-4-21)15-10-19-13(9-20-15)16(23)24/h1-2,7,9-10H,3-6H2,(H,23,24). The van der Waals surface area contributed by atoms with Crippen LogP contribution in [0.3, 0.4) is 0 Å². The van der Waals surface area contributed by atoms with Crippen LogP contribution in [0, 0.1) is 17.1 Å². The van der Waals surface area contributed by atoms with E-state index in [-0.39, 0.29) is 5.69 Å². The molecule has 0 unspecified atom stereocenters. The molecule has 0 aliphatic carbocycles. The lowest BCUT2D eigenvalue weighted by molar-refractivity contribution is 0.0690. The first-order valence-corrected chi connectivity index (χ1v) is 7.33. The van der Waals surface area contributed by atoms with Gasteiger partial charge >= 0.3 is 5.97 Å². The molecule has 1 aliphatic heterocycles. The molecule has 122 valence electrons. The molecular formula is C16H14FN5O2. The molecule has 3 rings (SSSR count). The number of nitriles is 1. The van der Waals surface area contributed by atoms with Gasteiger partial charge in [-0.1, -0.05) is 0 Å². The minimum absolute atomic E-state index is 0.1000. The fraction of sp³-hybridized carbons (Fsp3) is 0.250. The highest BCUT2D eigenvalue weighted by molar-refractivity contribution is 5.84. The van der Waals surface area contributed by atoms with Crippen molar-refractivity contribution in [1.82, 2.24) is 9.97 Å². The topological polar surface area (TPSA) is 93.4 Å². The number of carboxylic acid groups (broad SMARTS) is 1. The molecule has 0 atom stereocenters. The van der Waals surface area contributed by atoms with Crippen molar-refractivity contribution in [2.45, 2.75) is 0 Å². The van der Waals surface area contributed by atoms with Crippen LogP contribution < -0.4 is 9.80 Å². The number of hydrogen-bond donors (Lipinski definition) is 1. The largest absolute Gasteiger partial charge is 0.476 e. The van der Waals surface area contributed by atoms with E-state index >= 15 is 0 Å². The van der Waals surface area contributed by atoms with Gasteiger partial charge in [0.2, 0.25) is 0 Å². The summed E-state index contributed by atoms with van der Waals surface area (Å²) in [6, 6.07) is 6.36. The molecule has 1 aromatic carbocycles. The summed E-state index contributed by atoms with van der Waals surface area (Å²) < 4.78 is 14.1. The maximum atomic E-state index is 14.1. The molecule has 2 heterocycles. The van der Waals surface area contributed by atoms with Crippen molar-refractivity contribution in [3.05, 3.63) is 47.7 Å². The number of benzene rings is 1. The number of carboxylic acids is 1. The molecule has 0 spiro atoms. The summed E-state index contributed by atoms with van der Waals surface area (Å²) in [5, 5.41) is 17.6. The molecule has 1 N–H and O–H groups in total. The minimum Gasteiger partial charge on any atom is -0.476 e. The minimum atomic E-state index is -1.12. The molecule has 0 amide bonds. The number of nitrogens with zero attached hydrogens (tertiary/aromatic N) is 5. The Morgan fingerprint density at radius 3 is 2.42 bits per heavy atom. The van der Waals surface area contributed by atoms with Gasteiger partial charge in [-0.3, -0.25) is 0 Å². The molecule has 8 heteroatoms. The highest BCUT2D eigenvalue weighted by Gasteiger charge is 2.21. The van der Waals surface area contributed by atoms with Gasteiger partial charge in [-0.05, 0) is 18.2 Å². The Morgan fingerprint density at radius 2 is 1.88 bits per heavy atom. The zero-order chi connectivity index (χ0) is 17.1. The molecule has 24 heavy (non-hydrogen) atoms. The van der Waals surface area contributed by atoms with Crippen molar-refractivity contribution in [2.75, 3.05) is 36.0 Å². The summed E-state index contributed by atoms with van der Waals surface area (Å²) in [4.78, 5) is 22.6. The van der Waals surface area contributed by atoms with Crippen molar-refractivity contribution in [2.24, 2.45) is 0 Å². The summed E-state index contributed by atoms with van der Waals surface area (Å²) >= 11 is 0. The van der Waals surface area contributed by atoms with Gasteiger partial charge in [-0.25, -0.2) is 19.2 Å². The Kier molecular flexibility index (Phi) is 4.24. The van der Waals surface area contributed by atoms with Crippen molar-refractivity contribution in [3.63, 3.8) is 0 Å². The summed E-state index contributed by atoms with van der Waals surface area (Å²) in [5.41, 5.74) is 0.668. The molecule has 2 aromatic rings. The van der Waals surface area contributed by atoms with Gasteiger partial charge in [-0.15, -0.1) is 0 Å². The lowest BCUT2D eigenvalue weighted by Crippen LogP contribution is -2.47. The van der Waals surface area contributed by atoms with Crippen LogP contribution in [0.4, 0.5) is 15.9 Å². The van der Waals surface area contributed by atoms with E-state index in [1.807, 2.05) is 15.9 Å². The predicted molar refractivity (Wildman–Crippen MR) is 84.5 cm³/mol. The summed E-state index contributed by atoms with van der Waals surface area (Å²) in [6.45, 7) is 2.40. The fourth-order valence-electron chi connectivity index (χ4n) is 2.60. The first-order chi connectivity index (χ1) is 11.6. The number of aromatic nitrogens is 2. The number of halogens is 1. The van der Waals surface area contributed by atoms with Gasteiger partial charge < -0.3 is 14.9 Å². The number of anilines is 2. The van der Waals surface area contributed by atoms with Crippen molar-refractivity contribution in [3.8, 4) is 6.07 Å². The molecular weight excluding hydrogens is 313 g/mol. The smallest absolute Gasteiger partial charge is 0.356 e. The molecule has 7 nitrogen and oxygen atoms in total. The molecule has 0 radical (unpaired) electrons. The van der Waals surface area contributed by atoms with Gasteiger partial charge in [-0.2, -0.15) is 5.26 Å². The predicted octanol–water partition coefficient (Wildman–Crippen LogP) is 1.51. The zero-order valence-corrected chi connectivity index (χ0v) is 12.7. The normalized spacial score (nSPS) is 14.3. The van der Waals surface area contributed by atoms with Crippen molar-refractivity contribution in [1.29, 1.82) is 5.26 Å². The highest BCUT2D eigenvalue weighted by Crippen LogP contribution is 2.23. The van der Waals surface area contributed by atoms with Crippen LogP contribution in [0.5, 0.6) is 0 Å². The summed E-state index contributed by atoms with van der Waals surface area (Å²) in [5.74, 6) is -0.928. The highest BCUT2D eigenvalue weighted by atomic mass is 19.1. The van der Waals surface area contributed by atoms with E-state index in [9.17, 15) is 9.18 Å². The Morgan fingerprint density at radius 1 is 1.17 bits per heavy atom. The monoisotopic (exact) mass is 327 g/mol. The Hall–Kier alpha value is -3.21. The van der Waals surface area contributed by atoms with E-state index in [4.69, 9.17) is 10.4 Å². The van der Waals surface area contributed by atoms with Gasteiger partial charge in [0.05, 0.1) is 29.7 Å². The number of aromatic carboxylic acids is 1. The maximum absolute atomic E-state index is 14.1. The summed E-state index contributed by atoms with van der Waals surface area (Å²) in [7, 11) is 0. The van der Waals surface area contributed by atoms with Crippen LogP contribution in [-0.4, -0.2) is 47.2 Å². The lowest BCUT2D eigenvalue weighted by atomic mass is 10.2. The fourth-order valence-corrected chi connectivity index (χ4v) is 2.60. The molecule has 1 aromatic heterocycles. The second-order valence-electron chi connectivity index (χ2n) is 5.32. The first-order valence-electron chi connectivity index (χ1n) is 7.33. The van der Waals surface area contributed by atoms with E-state index < -0.39 is 11.8 Å². The van der Waals surface area contributed by atoms with Gasteiger partial charge in [0, 0.05) is 26.2 Å². The van der Waals surface area contributed by atoms with E-state index in [2.05, 4.69) is 9.97 Å². The second-order valence-corrected chi connectivity index (χ2v) is 5.32. The Labute approximate surface area is 137 Å². The van der Waals surface area contributed by atoms with E-state index in [1.165, 1.54) is 18.5 Å². The summed E-state index contributed by atoms with van der Waals surface area (Å²) in [6.07, 6.45) is 2.66. The van der Waals surface area contributed by atoms with Gasteiger partial charge in [0.15, 0.2) is 5.69 Å². The van der Waals surface area contributed by atoms with E-state index in [0.717, 1.165) is 0 Å². The number of hydrogen-bond acceptors (Lipinski definition) is 6. The maximum Gasteiger partial charge on any atom is 0.356 e. The second kappa shape index (κ2) is 6.50. The van der Waals surface area contributed by atoms with Crippen molar-refractivity contribution >= 4 is 17.5 Å². The van der Waals surface area contributed by atoms with Crippen LogP contribution >= 0.6 is 0 Å². The number of carbonyl (C=O) groups is 1. The average molecular weight is 327 g/mol. The zero-order valence-electron chi connectivity index (χ0n) is 12.7. The average Bonchev–Trinajstić information content (AvgIpc) is 2.62. The molecule has 1 fully saturated rings.